The van der Waals surface area contributed by atoms with E-state index >= 15 is 0 Å². The number of nitrogens with zero attached hydrogens (tertiary/aromatic N) is 3. The summed E-state index contributed by atoms with van der Waals surface area (Å²) in [6.45, 7) is 0. The first kappa shape index (κ1) is 25.3. The van der Waals surface area contributed by atoms with Gasteiger partial charge < -0.3 is 13.7 Å². The summed E-state index contributed by atoms with van der Waals surface area (Å²) in [5.41, 5.74) is 12.3. The molecule has 9 aromatic rings. The Morgan fingerprint density at radius 3 is 1.56 bits per heavy atom. The van der Waals surface area contributed by atoms with Gasteiger partial charge in [0.25, 0.3) is 0 Å². The van der Waals surface area contributed by atoms with Crippen molar-refractivity contribution < 1.29 is 8.83 Å². The van der Waals surface area contributed by atoms with E-state index in [0.29, 0.717) is 0 Å². The molecule has 0 unspecified atom stereocenters. The molecule has 4 heterocycles. The van der Waals surface area contributed by atoms with E-state index in [1.54, 1.807) is 12.4 Å². The summed E-state index contributed by atoms with van der Waals surface area (Å²) in [6, 6.07) is 48.1. The molecule has 0 saturated carbocycles. The number of furan rings is 2. The predicted octanol–water partition coefficient (Wildman–Crippen LogP) is 11.1. The molecule has 0 bridgehead atoms. The van der Waals surface area contributed by atoms with Gasteiger partial charge in [0.2, 0.25) is 0 Å². The minimum absolute atomic E-state index is 0.768. The van der Waals surface area contributed by atoms with Gasteiger partial charge in [-0.05, 0) is 77.4 Å². The van der Waals surface area contributed by atoms with Crippen LogP contribution in [-0.2, 0) is 0 Å². The average Bonchev–Trinajstić information content (AvgIpc) is 3.67. The molecule has 0 radical (unpaired) electrons. The summed E-state index contributed by atoms with van der Waals surface area (Å²) in [4.78, 5) is 11.4. The number of fused-ring (bicyclic) bond motifs is 6. The molecule has 0 N–H and O–H groups in total. The van der Waals surface area contributed by atoms with Crippen molar-refractivity contribution in [3.63, 3.8) is 0 Å². The van der Waals surface area contributed by atoms with Gasteiger partial charge >= 0.3 is 0 Å². The van der Waals surface area contributed by atoms with E-state index in [1.807, 2.05) is 30.3 Å². The lowest BCUT2D eigenvalue weighted by Gasteiger charge is -2.28. The number of anilines is 3. The zero-order chi connectivity index (χ0) is 29.7. The number of benzene rings is 5. The summed E-state index contributed by atoms with van der Waals surface area (Å²) in [7, 11) is 0. The summed E-state index contributed by atoms with van der Waals surface area (Å²) in [6.07, 6.45) is 3.60. The molecule has 0 atom stereocenters. The zero-order valence-electron chi connectivity index (χ0n) is 24.1. The topological polar surface area (TPSA) is 55.3 Å². The van der Waals surface area contributed by atoms with Gasteiger partial charge in [0.05, 0.1) is 5.69 Å². The van der Waals surface area contributed by atoms with Crippen LogP contribution >= 0.6 is 0 Å². The Morgan fingerprint density at radius 1 is 0.422 bits per heavy atom. The second kappa shape index (κ2) is 10.2. The lowest BCUT2D eigenvalue weighted by Crippen LogP contribution is -2.11. The van der Waals surface area contributed by atoms with Crippen LogP contribution in [0.4, 0.5) is 17.1 Å². The van der Waals surface area contributed by atoms with Crippen LogP contribution in [0.15, 0.2) is 161 Å². The minimum Gasteiger partial charge on any atom is -0.454 e. The van der Waals surface area contributed by atoms with E-state index in [4.69, 9.17) is 8.83 Å². The summed E-state index contributed by atoms with van der Waals surface area (Å²) in [5.74, 6) is 0. The smallest absolute Gasteiger partial charge is 0.153 e. The molecule has 4 aromatic heterocycles. The Balaban J connectivity index is 1.31. The van der Waals surface area contributed by atoms with Crippen molar-refractivity contribution >= 4 is 61.2 Å². The molecule has 5 heteroatoms. The van der Waals surface area contributed by atoms with Crippen molar-refractivity contribution in [1.29, 1.82) is 0 Å². The Morgan fingerprint density at radius 2 is 0.978 bits per heavy atom. The molecule has 0 spiro atoms. The monoisotopic (exact) mass is 579 g/mol. The van der Waals surface area contributed by atoms with Crippen LogP contribution < -0.4 is 4.90 Å². The second-order valence-corrected chi connectivity index (χ2v) is 11.1. The summed E-state index contributed by atoms with van der Waals surface area (Å²) < 4.78 is 12.6. The van der Waals surface area contributed by atoms with Crippen LogP contribution in [0, 0.1) is 0 Å². The molecule has 9 rings (SSSR count). The van der Waals surface area contributed by atoms with E-state index in [2.05, 4.69) is 124 Å². The van der Waals surface area contributed by atoms with Crippen LogP contribution in [0.1, 0.15) is 0 Å². The first-order valence-corrected chi connectivity index (χ1v) is 14.9. The quantitative estimate of drug-likeness (QED) is 0.203. The van der Waals surface area contributed by atoms with Crippen LogP contribution in [-0.4, -0.2) is 9.97 Å². The number of hydrogen-bond acceptors (Lipinski definition) is 5. The first-order valence-electron chi connectivity index (χ1n) is 14.9. The fourth-order valence-electron chi connectivity index (χ4n) is 6.27. The van der Waals surface area contributed by atoms with E-state index in [-0.39, 0.29) is 0 Å². The number of pyridine rings is 2. The molecule has 0 aliphatic heterocycles. The third-order valence-corrected chi connectivity index (χ3v) is 8.37. The molecule has 0 fully saturated rings. The normalized spacial score (nSPS) is 11.6. The third-order valence-electron chi connectivity index (χ3n) is 8.37. The van der Waals surface area contributed by atoms with E-state index in [1.165, 1.54) is 5.56 Å². The van der Waals surface area contributed by atoms with Gasteiger partial charge in [-0.2, -0.15) is 0 Å². The number of hydrogen-bond donors (Lipinski definition) is 0. The highest BCUT2D eigenvalue weighted by Gasteiger charge is 2.21. The summed E-state index contributed by atoms with van der Waals surface area (Å²) in [5, 5.41) is 1.96. The third kappa shape index (κ3) is 4.25. The fourth-order valence-corrected chi connectivity index (χ4v) is 6.27. The summed E-state index contributed by atoms with van der Waals surface area (Å²) >= 11 is 0. The molecule has 0 amide bonds. The van der Waals surface area contributed by atoms with Crippen LogP contribution in [0.3, 0.4) is 0 Å². The van der Waals surface area contributed by atoms with Crippen molar-refractivity contribution in [2.45, 2.75) is 0 Å². The van der Waals surface area contributed by atoms with Gasteiger partial charge in [0.15, 0.2) is 11.2 Å². The highest BCUT2D eigenvalue weighted by molar-refractivity contribution is 6.06. The average molecular weight is 580 g/mol. The van der Waals surface area contributed by atoms with Gasteiger partial charge in [0.1, 0.15) is 22.2 Å². The Labute approximate surface area is 258 Å². The lowest BCUT2D eigenvalue weighted by atomic mass is 9.96. The van der Waals surface area contributed by atoms with Crippen molar-refractivity contribution in [2.24, 2.45) is 0 Å². The second-order valence-electron chi connectivity index (χ2n) is 11.1. The molecule has 5 aromatic carbocycles. The highest BCUT2D eigenvalue weighted by Crippen LogP contribution is 2.45. The standard InChI is InChI=1S/C40H25N3O2/c1-3-9-26(10-4-1)28-15-20-34(33(23-28)27-11-5-2-6-12-27)43(29-16-18-31-37(24-29)44-35-13-7-21-41-39(31)35)30-17-19-32-38(25-30)45-36-14-8-22-42-40(32)36/h1-25H. The van der Waals surface area contributed by atoms with Gasteiger partial charge in [-0.25, -0.2) is 0 Å². The van der Waals surface area contributed by atoms with Crippen molar-refractivity contribution in [3.8, 4) is 22.3 Å². The van der Waals surface area contributed by atoms with Crippen molar-refractivity contribution in [1.82, 2.24) is 9.97 Å². The number of rotatable bonds is 5. The Kier molecular flexibility index (Phi) is 5.74. The maximum atomic E-state index is 6.30. The van der Waals surface area contributed by atoms with Gasteiger partial charge in [0, 0.05) is 52.2 Å². The van der Waals surface area contributed by atoms with Crippen molar-refractivity contribution in [3.05, 3.63) is 152 Å². The predicted molar refractivity (Wildman–Crippen MR) is 182 cm³/mol. The first-order chi connectivity index (χ1) is 22.3. The molecular formula is C40H25N3O2. The Hall–Kier alpha value is -6.20. The molecule has 0 saturated heterocycles. The molecule has 45 heavy (non-hydrogen) atoms. The fraction of sp³-hybridized carbons (Fsp3) is 0. The maximum Gasteiger partial charge on any atom is 0.153 e. The molecule has 0 aliphatic carbocycles. The van der Waals surface area contributed by atoms with Crippen LogP contribution in [0.25, 0.3) is 66.4 Å². The minimum atomic E-state index is 0.768. The van der Waals surface area contributed by atoms with Crippen LogP contribution in [0.5, 0.6) is 0 Å². The molecule has 212 valence electrons. The van der Waals surface area contributed by atoms with Gasteiger partial charge in [-0.3, -0.25) is 9.97 Å². The zero-order valence-corrected chi connectivity index (χ0v) is 24.1. The van der Waals surface area contributed by atoms with E-state index < -0.39 is 0 Å². The largest absolute Gasteiger partial charge is 0.454 e. The SMILES string of the molecule is c1ccc(-c2ccc(N(c3ccc4c(c3)oc3cccnc34)c3ccc4c(c3)oc3cccnc34)c(-c3ccccc3)c2)cc1. The van der Waals surface area contributed by atoms with Gasteiger partial charge in [-0.1, -0.05) is 66.7 Å². The Bertz CT molecular complexity index is 2380. The lowest BCUT2D eigenvalue weighted by molar-refractivity contribution is 0.668. The number of aromatic nitrogens is 2. The van der Waals surface area contributed by atoms with E-state index in [0.717, 1.165) is 77.9 Å². The van der Waals surface area contributed by atoms with Crippen molar-refractivity contribution in [2.75, 3.05) is 4.90 Å². The van der Waals surface area contributed by atoms with E-state index in [9.17, 15) is 0 Å². The highest BCUT2D eigenvalue weighted by atomic mass is 16.3. The van der Waals surface area contributed by atoms with Crippen LogP contribution in [0.2, 0.25) is 0 Å². The molecule has 5 nitrogen and oxygen atoms in total. The molecule has 0 aliphatic rings. The molecular weight excluding hydrogens is 554 g/mol. The maximum absolute atomic E-state index is 6.30. The van der Waals surface area contributed by atoms with Gasteiger partial charge in [-0.15, -0.1) is 0 Å².